The number of aliphatic hydroxyl groups excluding tert-OH is 2. The summed E-state index contributed by atoms with van der Waals surface area (Å²) in [7, 11) is 0. The van der Waals surface area contributed by atoms with Gasteiger partial charge in [0.05, 0.1) is 0 Å². The molecule has 0 spiro atoms. The van der Waals surface area contributed by atoms with E-state index in [0.717, 1.165) is 18.2 Å². The van der Waals surface area contributed by atoms with Gasteiger partial charge in [0.1, 0.15) is 11.9 Å². The highest BCUT2D eigenvalue weighted by Gasteiger charge is 2.26. The van der Waals surface area contributed by atoms with E-state index in [9.17, 15) is 14.3 Å². The van der Waals surface area contributed by atoms with Crippen molar-refractivity contribution in [1.29, 1.82) is 0 Å². The molecule has 6 heteroatoms. The number of aliphatic carboxylic acids is 1. The molecule has 0 saturated heterocycles. The van der Waals surface area contributed by atoms with Crippen LogP contribution in [0.4, 0.5) is 4.39 Å². The first-order valence-corrected chi connectivity index (χ1v) is 4.35. The van der Waals surface area contributed by atoms with Crippen LogP contribution in [-0.4, -0.2) is 27.4 Å². The van der Waals surface area contributed by atoms with E-state index in [1.807, 2.05) is 0 Å². The monoisotopic (exact) mass is 234 g/mol. The van der Waals surface area contributed by atoms with E-state index in [0.29, 0.717) is 0 Å². The SMILES string of the molecule is O=C(O)C(O)C(O)c1ccc(F)cc1Cl. The van der Waals surface area contributed by atoms with Crippen LogP contribution in [0, 0.1) is 5.82 Å². The maximum absolute atomic E-state index is 12.6. The third-order valence-electron chi connectivity index (χ3n) is 1.83. The van der Waals surface area contributed by atoms with Crippen LogP contribution in [0.3, 0.4) is 0 Å². The minimum Gasteiger partial charge on any atom is -0.479 e. The number of carboxylic acids is 1. The molecular formula is C9H8ClFO4. The molecule has 0 aliphatic heterocycles. The van der Waals surface area contributed by atoms with Crippen LogP contribution >= 0.6 is 11.6 Å². The van der Waals surface area contributed by atoms with Crippen molar-refractivity contribution >= 4 is 17.6 Å². The molecule has 2 unspecified atom stereocenters. The van der Waals surface area contributed by atoms with Gasteiger partial charge in [-0.1, -0.05) is 17.7 Å². The summed E-state index contributed by atoms with van der Waals surface area (Å²) in [5, 5.41) is 26.7. The molecule has 3 N–H and O–H groups in total. The summed E-state index contributed by atoms with van der Waals surface area (Å²) < 4.78 is 12.6. The highest BCUT2D eigenvalue weighted by Crippen LogP contribution is 2.26. The maximum atomic E-state index is 12.6. The maximum Gasteiger partial charge on any atom is 0.335 e. The van der Waals surface area contributed by atoms with Crippen molar-refractivity contribution in [2.24, 2.45) is 0 Å². The summed E-state index contributed by atoms with van der Waals surface area (Å²) in [6.07, 6.45) is -3.68. The fourth-order valence-electron chi connectivity index (χ4n) is 1.05. The minimum absolute atomic E-state index is 0.0343. The summed E-state index contributed by atoms with van der Waals surface area (Å²) in [4.78, 5) is 10.4. The standard InChI is InChI=1S/C9H8ClFO4/c10-6-3-4(11)1-2-5(6)7(12)8(13)9(14)15/h1-3,7-8,12-13H,(H,14,15). The van der Waals surface area contributed by atoms with Crippen molar-refractivity contribution in [1.82, 2.24) is 0 Å². The third-order valence-corrected chi connectivity index (χ3v) is 2.16. The van der Waals surface area contributed by atoms with Gasteiger partial charge in [0.15, 0.2) is 6.10 Å². The second-order valence-corrected chi connectivity index (χ2v) is 3.30. The summed E-state index contributed by atoms with van der Waals surface area (Å²) in [5.74, 6) is -2.19. The Labute approximate surface area is 89.5 Å². The Morgan fingerprint density at radius 2 is 2.00 bits per heavy atom. The van der Waals surface area contributed by atoms with Gasteiger partial charge in [0.2, 0.25) is 0 Å². The zero-order valence-corrected chi connectivity index (χ0v) is 8.15. The number of carboxylic acid groups (broad SMARTS) is 1. The summed E-state index contributed by atoms with van der Waals surface area (Å²) in [6, 6.07) is 3.06. The Bertz CT molecular complexity index is 382. The molecule has 1 rings (SSSR count). The van der Waals surface area contributed by atoms with Crippen molar-refractivity contribution in [2.75, 3.05) is 0 Å². The van der Waals surface area contributed by atoms with E-state index in [4.69, 9.17) is 21.8 Å². The smallest absolute Gasteiger partial charge is 0.335 e. The van der Waals surface area contributed by atoms with E-state index < -0.39 is 24.0 Å². The number of carbonyl (C=O) groups is 1. The van der Waals surface area contributed by atoms with Gasteiger partial charge < -0.3 is 15.3 Å². The van der Waals surface area contributed by atoms with Crippen molar-refractivity contribution in [2.45, 2.75) is 12.2 Å². The van der Waals surface area contributed by atoms with Gasteiger partial charge in [0.25, 0.3) is 0 Å². The average molecular weight is 235 g/mol. The van der Waals surface area contributed by atoms with E-state index in [1.54, 1.807) is 0 Å². The lowest BCUT2D eigenvalue weighted by Gasteiger charge is -2.15. The fourth-order valence-corrected chi connectivity index (χ4v) is 1.33. The summed E-state index contributed by atoms with van der Waals surface area (Å²) >= 11 is 5.57. The van der Waals surface area contributed by atoms with Gasteiger partial charge in [-0.25, -0.2) is 9.18 Å². The van der Waals surface area contributed by atoms with Crippen LogP contribution in [0.1, 0.15) is 11.7 Å². The highest BCUT2D eigenvalue weighted by molar-refractivity contribution is 6.31. The molecule has 82 valence electrons. The van der Waals surface area contributed by atoms with Crippen molar-refractivity contribution in [3.8, 4) is 0 Å². The quantitative estimate of drug-likeness (QED) is 0.728. The molecule has 0 aliphatic rings. The first-order chi connectivity index (χ1) is 6.93. The second kappa shape index (κ2) is 4.57. The molecule has 0 bridgehead atoms. The Morgan fingerprint density at radius 3 is 2.47 bits per heavy atom. The summed E-state index contributed by atoms with van der Waals surface area (Å²) in [6.45, 7) is 0. The van der Waals surface area contributed by atoms with Crippen molar-refractivity contribution in [3.63, 3.8) is 0 Å². The van der Waals surface area contributed by atoms with Crippen LogP contribution in [0.2, 0.25) is 5.02 Å². The number of benzene rings is 1. The molecule has 0 amide bonds. The van der Waals surface area contributed by atoms with E-state index in [2.05, 4.69) is 0 Å². The van der Waals surface area contributed by atoms with E-state index >= 15 is 0 Å². The molecule has 15 heavy (non-hydrogen) atoms. The fraction of sp³-hybridized carbons (Fsp3) is 0.222. The van der Waals surface area contributed by atoms with Gasteiger partial charge in [-0.05, 0) is 12.1 Å². The Kier molecular flexibility index (Phi) is 3.62. The van der Waals surface area contributed by atoms with Crippen LogP contribution in [-0.2, 0) is 4.79 Å². The molecule has 1 aromatic rings. The lowest BCUT2D eigenvalue weighted by molar-refractivity contribution is -0.153. The zero-order chi connectivity index (χ0) is 11.6. The molecule has 0 aliphatic carbocycles. The molecule has 0 aromatic heterocycles. The predicted octanol–water partition coefficient (Wildman–Crippen LogP) is 0.958. The van der Waals surface area contributed by atoms with Crippen molar-refractivity contribution < 1.29 is 24.5 Å². The number of halogens is 2. The molecule has 4 nitrogen and oxygen atoms in total. The summed E-state index contributed by atoms with van der Waals surface area (Å²) in [5.41, 5.74) is -0.0343. The lowest BCUT2D eigenvalue weighted by atomic mass is 10.0. The molecule has 1 aromatic carbocycles. The van der Waals surface area contributed by atoms with Crippen LogP contribution in [0.5, 0.6) is 0 Å². The Morgan fingerprint density at radius 1 is 1.40 bits per heavy atom. The van der Waals surface area contributed by atoms with Crippen LogP contribution in [0.25, 0.3) is 0 Å². The first-order valence-electron chi connectivity index (χ1n) is 3.97. The second-order valence-electron chi connectivity index (χ2n) is 2.89. The molecule has 0 radical (unpaired) electrons. The van der Waals surface area contributed by atoms with E-state index in [1.165, 1.54) is 0 Å². The lowest BCUT2D eigenvalue weighted by Crippen LogP contribution is -2.27. The van der Waals surface area contributed by atoms with Gasteiger partial charge in [0, 0.05) is 10.6 Å². The van der Waals surface area contributed by atoms with Gasteiger partial charge in [-0.3, -0.25) is 0 Å². The predicted molar refractivity (Wildman–Crippen MR) is 50.0 cm³/mol. The molecule has 2 atom stereocenters. The molecule has 0 saturated carbocycles. The Hall–Kier alpha value is -1.17. The van der Waals surface area contributed by atoms with Gasteiger partial charge >= 0.3 is 5.97 Å². The van der Waals surface area contributed by atoms with E-state index in [-0.39, 0.29) is 10.6 Å². The Balaban J connectivity index is 3.01. The normalized spacial score (nSPS) is 14.7. The minimum atomic E-state index is -1.99. The highest BCUT2D eigenvalue weighted by atomic mass is 35.5. The zero-order valence-electron chi connectivity index (χ0n) is 7.39. The van der Waals surface area contributed by atoms with Gasteiger partial charge in [-0.2, -0.15) is 0 Å². The number of hydrogen-bond donors (Lipinski definition) is 3. The van der Waals surface area contributed by atoms with Gasteiger partial charge in [-0.15, -0.1) is 0 Å². The van der Waals surface area contributed by atoms with Crippen LogP contribution in [0.15, 0.2) is 18.2 Å². The van der Waals surface area contributed by atoms with Crippen molar-refractivity contribution in [3.05, 3.63) is 34.6 Å². The first kappa shape index (κ1) is 11.9. The number of aliphatic hydroxyl groups is 2. The topological polar surface area (TPSA) is 77.8 Å². The number of rotatable bonds is 3. The molecular weight excluding hydrogens is 227 g/mol. The number of hydrogen-bond acceptors (Lipinski definition) is 3. The average Bonchev–Trinajstić information content (AvgIpc) is 2.15. The third kappa shape index (κ3) is 2.65. The molecule has 0 heterocycles. The molecule has 0 fully saturated rings. The largest absolute Gasteiger partial charge is 0.479 e. The van der Waals surface area contributed by atoms with Crippen LogP contribution < -0.4 is 0 Å².